The van der Waals surface area contributed by atoms with E-state index in [-0.39, 0.29) is 18.4 Å². The Balaban J connectivity index is 2.21. The number of hydrogen-bond acceptors (Lipinski definition) is 4. The van der Waals surface area contributed by atoms with Gasteiger partial charge in [-0.1, -0.05) is 50.6 Å². The highest BCUT2D eigenvalue weighted by Crippen LogP contribution is 2.37. The van der Waals surface area contributed by atoms with Gasteiger partial charge in [0.1, 0.15) is 6.54 Å². The quantitative estimate of drug-likeness (QED) is 0.545. The zero-order valence-electron chi connectivity index (χ0n) is 18.8. The molecule has 0 aliphatic carbocycles. The second-order valence-corrected chi connectivity index (χ2v) is 8.19. The minimum atomic E-state index is -0.294. The molecular formula is C24H31ClN2O4. The third-order valence-electron chi connectivity index (χ3n) is 4.57. The van der Waals surface area contributed by atoms with E-state index in [4.69, 9.17) is 21.1 Å². The van der Waals surface area contributed by atoms with Crippen molar-refractivity contribution in [3.63, 3.8) is 0 Å². The number of halogens is 1. The fourth-order valence-electron chi connectivity index (χ4n) is 3.01. The Morgan fingerprint density at radius 1 is 1.19 bits per heavy atom. The molecule has 2 rings (SSSR count). The highest BCUT2D eigenvalue weighted by molar-refractivity contribution is 6.32. The molecule has 0 heterocycles. The van der Waals surface area contributed by atoms with E-state index in [0.29, 0.717) is 47.6 Å². The largest absolute Gasteiger partial charge is 0.493 e. The molecule has 6 nitrogen and oxygen atoms in total. The van der Waals surface area contributed by atoms with Gasteiger partial charge in [-0.15, -0.1) is 0 Å². The van der Waals surface area contributed by atoms with Crippen LogP contribution >= 0.6 is 11.6 Å². The summed E-state index contributed by atoms with van der Waals surface area (Å²) in [6, 6.07) is 10.7. The molecule has 31 heavy (non-hydrogen) atoms. The van der Waals surface area contributed by atoms with Crippen molar-refractivity contribution in [2.24, 2.45) is 5.92 Å². The van der Waals surface area contributed by atoms with Crippen LogP contribution in [-0.4, -0.2) is 43.5 Å². The summed E-state index contributed by atoms with van der Waals surface area (Å²) in [6.07, 6.45) is 0.712. The van der Waals surface area contributed by atoms with Gasteiger partial charge in [-0.3, -0.25) is 9.59 Å². The number of methoxy groups -OCH3 is 1. The molecule has 0 spiro atoms. The molecule has 7 heteroatoms. The van der Waals surface area contributed by atoms with Crippen LogP contribution in [0.15, 0.2) is 36.4 Å². The van der Waals surface area contributed by atoms with Gasteiger partial charge in [0.05, 0.1) is 18.7 Å². The number of nitrogens with zero attached hydrogens (tertiary/aromatic N) is 1. The predicted octanol–water partition coefficient (Wildman–Crippen LogP) is 5.18. The first-order valence-electron chi connectivity index (χ1n) is 10.4. The maximum absolute atomic E-state index is 13.2. The van der Waals surface area contributed by atoms with Crippen molar-refractivity contribution in [2.45, 2.75) is 34.1 Å². The average Bonchev–Trinajstić information content (AvgIpc) is 2.73. The maximum Gasteiger partial charge on any atom is 0.254 e. The van der Waals surface area contributed by atoms with Crippen molar-refractivity contribution in [1.82, 2.24) is 4.90 Å². The summed E-state index contributed by atoms with van der Waals surface area (Å²) in [5.41, 5.74) is 2.03. The standard InChI is InChI=1S/C24H31ClN2O4/c1-6-11-27(14-22(28)26-20-10-8-7-9-17(20)4)24(29)18-12-19(25)23(21(13-18)30-5)31-15-16(2)3/h7-10,12-13,16H,6,11,14-15H2,1-5H3,(H,26,28). The topological polar surface area (TPSA) is 67.9 Å². The number of hydrogen-bond donors (Lipinski definition) is 1. The normalized spacial score (nSPS) is 10.7. The Hall–Kier alpha value is -2.73. The molecule has 2 amide bonds. The van der Waals surface area contributed by atoms with Crippen molar-refractivity contribution in [3.05, 3.63) is 52.5 Å². The Bertz CT molecular complexity index is 914. The summed E-state index contributed by atoms with van der Waals surface area (Å²) >= 11 is 6.40. The number of ether oxygens (including phenoxy) is 2. The number of aryl methyl sites for hydroxylation is 1. The summed E-state index contributed by atoms with van der Waals surface area (Å²) in [6.45, 7) is 8.78. The first-order valence-corrected chi connectivity index (χ1v) is 10.8. The first kappa shape index (κ1) is 24.5. The highest BCUT2D eigenvalue weighted by atomic mass is 35.5. The average molecular weight is 447 g/mol. The molecule has 0 aliphatic heterocycles. The van der Waals surface area contributed by atoms with Crippen LogP contribution < -0.4 is 14.8 Å². The van der Waals surface area contributed by atoms with Gasteiger partial charge >= 0.3 is 0 Å². The van der Waals surface area contributed by atoms with Gasteiger partial charge in [0, 0.05) is 17.8 Å². The van der Waals surface area contributed by atoms with E-state index in [1.165, 1.54) is 12.0 Å². The van der Waals surface area contributed by atoms with Crippen LogP contribution in [0.3, 0.4) is 0 Å². The van der Waals surface area contributed by atoms with Gasteiger partial charge in [-0.05, 0) is 43.0 Å². The summed E-state index contributed by atoms with van der Waals surface area (Å²) in [4.78, 5) is 27.3. The Labute approximate surface area is 189 Å². The summed E-state index contributed by atoms with van der Waals surface area (Å²) < 4.78 is 11.2. The third kappa shape index (κ3) is 6.89. The van der Waals surface area contributed by atoms with E-state index in [9.17, 15) is 9.59 Å². The van der Waals surface area contributed by atoms with Gasteiger partial charge in [0.15, 0.2) is 11.5 Å². The zero-order chi connectivity index (χ0) is 23.0. The van der Waals surface area contributed by atoms with Gasteiger partial charge in [0.25, 0.3) is 5.91 Å². The van der Waals surface area contributed by atoms with Gasteiger partial charge in [-0.2, -0.15) is 0 Å². The number of anilines is 1. The lowest BCUT2D eigenvalue weighted by Gasteiger charge is -2.23. The van der Waals surface area contributed by atoms with E-state index in [0.717, 1.165) is 11.3 Å². The number of carbonyl (C=O) groups excluding carboxylic acids is 2. The smallest absolute Gasteiger partial charge is 0.254 e. The van der Waals surface area contributed by atoms with Crippen molar-refractivity contribution in [1.29, 1.82) is 0 Å². The highest BCUT2D eigenvalue weighted by Gasteiger charge is 2.22. The number of benzene rings is 2. The van der Waals surface area contributed by atoms with E-state index in [2.05, 4.69) is 5.32 Å². The molecule has 168 valence electrons. The van der Waals surface area contributed by atoms with Crippen molar-refractivity contribution < 1.29 is 19.1 Å². The molecule has 0 saturated carbocycles. The minimum absolute atomic E-state index is 0.0630. The SMILES string of the molecule is CCCN(CC(=O)Nc1ccccc1C)C(=O)c1cc(Cl)c(OCC(C)C)c(OC)c1. The lowest BCUT2D eigenvalue weighted by molar-refractivity contribution is -0.116. The molecule has 0 atom stereocenters. The van der Waals surface area contributed by atoms with Crippen LogP contribution in [0.1, 0.15) is 43.1 Å². The van der Waals surface area contributed by atoms with Crippen molar-refractivity contribution in [2.75, 3.05) is 32.1 Å². The number of carbonyl (C=O) groups is 2. The summed E-state index contributed by atoms with van der Waals surface area (Å²) in [7, 11) is 1.50. The molecule has 1 N–H and O–H groups in total. The predicted molar refractivity (Wildman–Crippen MR) is 124 cm³/mol. The van der Waals surface area contributed by atoms with Crippen LogP contribution in [0.25, 0.3) is 0 Å². The molecule has 0 aromatic heterocycles. The van der Waals surface area contributed by atoms with E-state index >= 15 is 0 Å². The molecule has 0 fully saturated rings. The van der Waals surface area contributed by atoms with E-state index in [1.54, 1.807) is 12.1 Å². The van der Waals surface area contributed by atoms with Crippen LogP contribution in [0.5, 0.6) is 11.5 Å². The summed E-state index contributed by atoms with van der Waals surface area (Å²) in [5.74, 6) is 0.559. The Kier molecular flexibility index (Phi) is 9.19. The Morgan fingerprint density at radius 2 is 1.90 bits per heavy atom. The number of nitrogens with one attached hydrogen (secondary N) is 1. The van der Waals surface area contributed by atoms with Crippen LogP contribution in [0, 0.1) is 12.8 Å². The zero-order valence-corrected chi connectivity index (χ0v) is 19.6. The van der Waals surface area contributed by atoms with Crippen molar-refractivity contribution in [3.8, 4) is 11.5 Å². The lowest BCUT2D eigenvalue weighted by atomic mass is 10.1. The van der Waals surface area contributed by atoms with Gasteiger partial charge in [-0.25, -0.2) is 0 Å². The maximum atomic E-state index is 13.2. The molecule has 0 radical (unpaired) electrons. The summed E-state index contributed by atoms with van der Waals surface area (Å²) in [5, 5.41) is 3.17. The molecule has 0 aliphatic rings. The molecule has 0 unspecified atom stereocenters. The van der Waals surface area contributed by atoms with E-state index in [1.807, 2.05) is 52.0 Å². The van der Waals surface area contributed by atoms with Gasteiger partial charge in [0.2, 0.25) is 5.91 Å². The number of amides is 2. The van der Waals surface area contributed by atoms with Crippen LogP contribution in [0.2, 0.25) is 5.02 Å². The molecular weight excluding hydrogens is 416 g/mol. The van der Waals surface area contributed by atoms with Crippen LogP contribution in [0.4, 0.5) is 5.69 Å². The second-order valence-electron chi connectivity index (χ2n) is 7.78. The fraction of sp³-hybridized carbons (Fsp3) is 0.417. The molecule has 0 saturated heterocycles. The molecule has 0 bridgehead atoms. The second kappa shape index (κ2) is 11.6. The Morgan fingerprint density at radius 3 is 2.52 bits per heavy atom. The number of para-hydroxylation sites is 1. The third-order valence-corrected chi connectivity index (χ3v) is 4.85. The number of rotatable bonds is 10. The van der Waals surface area contributed by atoms with Crippen LogP contribution in [-0.2, 0) is 4.79 Å². The van der Waals surface area contributed by atoms with E-state index < -0.39 is 0 Å². The monoisotopic (exact) mass is 446 g/mol. The molecule has 2 aromatic carbocycles. The van der Waals surface area contributed by atoms with Gasteiger partial charge < -0.3 is 19.7 Å². The molecule has 2 aromatic rings. The minimum Gasteiger partial charge on any atom is -0.493 e. The fourth-order valence-corrected chi connectivity index (χ4v) is 3.28. The van der Waals surface area contributed by atoms with Crippen molar-refractivity contribution >= 4 is 29.1 Å². The lowest BCUT2D eigenvalue weighted by Crippen LogP contribution is -2.38. The first-order chi connectivity index (χ1) is 14.8.